The number of sulfonamides is 1. The standard InChI is InChI=1S/C10H9FN2O3S/c1-6(14)13(2)10-9-7(11)4-3-5-8(9)17(15,16)12-10/h3-5H,1-2H3. The SMILES string of the molecule is CC(=O)N(C)C1=NS(=O)(=O)c2cccc(F)c21. The Morgan fingerprint density at radius 1 is 1.41 bits per heavy atom. The van der Waals surface area contributed by atoms with Crippen LogP contribution in [-0.4, -0.2) is 32.1 Å². The van der Waals surface area contributed by atoms with Crippen molar-refractivity contribution >= 4 is 21.8 Å². The van der Waals surface area contributed by atoms with Gasteiger partial charge in [0.05, 0.1) is 5.56 Å². The third-order valence-electron chi connectivity index (χ3n) is 2.47. The molecule has 1 aromatic rings. The van der Waals surface area contributed by atoms with Gasteiger partial charge in [0.15, 0.2) is 5.84 Å². The number of carbonyl (C=O) groups excluding carboxylic acids is 1. The molecule has 0 saturated carbocycles. The van der Waals surface area contributed by atoms with Crippen LogP contribution in [0, 0.1) is 5.82 Å². The van der Waals surface area contributed by atoms with Crippen molar-refractivity contribution in [2.24, 2.45) is 4.40 Å². The average molecular weight is 256 g/mol. The third kappa shape index (κ3) is 1.72. The van der Waals surface area contributed by atoms with Crippen LogP contribution < -0.4 is 0 Å². The van der Waals surface area contributed by atoms with Crippen LogP contribution in [0.3, 0.4) is 0 Å². The first kappa shape index (κ1) is 11.7. The van der Waals surface area contributed by atoms with Gasteiger partial charge in [-0.15, -0.1) is 4.40 Å². The lowest BCUT2D eigenvalue weighted by Crippen LogP contribution is -2.31. The van der Waals surface area contributed by atoms with Crippen molar-refractivity contribution in [1.29, 1.82) is 0 Å². The Morgan fingerprint density at radius 2 is 2.06 bits per heavy atom. The third-order valence-corrected chi connectivity index (χ3v) is 3.78. The first-order valence-electron chi connectivity index (χ1n) is 4.73. The Labute approximate surface area is 97.6 Å². The van der Waals surface area contributed by atoms with E-state index in [0.717, 1.165) is 11.0 Å². The first-order chi connectivity index (χ1) is 7.84. The Balaban J connectivity index is 2.72. The van der Waals surface area contributed by atoms with E-state index in [-0.39, 0.29) is 16.3 Å². The lowest BCUT2D eigenvalue weighted by atomic mass is 10.2. The van der Waals surface area contributed by atoms with Gasteiger partial charge in [-0.1, -0.05) is 6.07 Å². The quantitative estimate of drug-likeness (QED) is 0.688. The van der Waals surface area contributed by atoms with Crippen LogP contribution in [0.5, 0.6) is 0 Å². The van der Waals surface area contributed by atoms with E-state index in [1.54, 1.807) is 0 Å². The van der Waals surface area contributed by atoms with Crippen LogP contribution in [0.1, 0.15) is 12.5 Å². The van der Waals surface area contributed by atoms with Gasteiger partial charge in [0.25, 0.3) is 10.0 Å². The molecular formula is C10H9FN2O3S. The average Bonchev–Trinajstić information content (AvgIpc) is 2.51. The minimum atomic E-state index is -3.90. The number of amidine groups is 1. The summed E-state index contributed by atoms with van der Waals surface area (Å²) < 4.78 is 40.4. The van der Waals surface area contributed by atoms with Crippen molar-refractivity contribution in [1.82, 2.24) is 4.90 Å². The number of halogens is 1. The predicted molar refractivity (Wildman–Crippen MR) is 58.6 cm³/mol. The largest absolute Gasteiger partial charge is 0.299 e. The summed E-state index contributed by atoms with van der Waals surface area (Å²) >= 11 is 0. The predicted octanol–water partition coefficient (Wildman–Crippen LogP) is 0.753. The molecule has 1 aliphatic rings. The second-order valence-electron chi connectivity index (χ2n) is 3.58. The molecule has 0 aliphatic carbocycles. The molecule has 0 spiro atoms. The van der Waals surface area contributed by atoms with Crippen LogP contribution >= 0.6 is 0 Å². The topological polar surface area (TPSA) is 66.8 Å². The highest BCUT2D eigenvalue weighted by Crippen LogP contribution is 2.29. The Hall–Kier alpha value is -1.76. The molecule has 0 bridgehead atoms. The number of benzene rings is 1. The molecule has 90 valence electrons. The molecule has 17 heavy (non-hydrogen) atoms. The van der Waals surface area contributed by atoms with Crippen molar-refractivity contribution in [3.8, 4) is 0 Å². The molecule has 7 heteroatoms. The molecule has 1 amide bonds. The van der Waals surface area contributed by atoms with Crippen molar-refractivity contribution in [3.05, 3.63) is 29.6 Å². The summed E-state index contributed by atoms with van der Waals surface area (Å²) in [5.41, 5.74) is -0.148. The van der Waals surface area contributed by atoms with Gasteiger partial charge in [0.2, 0.25) is 5.91 Å². The highest BCUT2D eigenvalue weighted by Gasteiger charge is 2.34. The molecule has 0 atom stereocenters. The van der Waals surface area contributed by atoms with Crippen LogP contribution in [0.15, 0.2) is 27.5 Å². The fourth-order valence-corrected chi connectivity index (χ4v) is 2.76. The maximum absolute atomic E-state index is 13.6. The molecule has 1 aliphatic heterocycles. The lowest BCUT2D eigenvalue weighted by Gasteiger charge is -2.14. The molecule has 0 saturated heterocycles. The Bertz CT molecular complexity index is 637. The van der Waals surface area contributed by atoms with E-state index in [4.69, 9.17) is 0 Å². The molecule has 1 aromatic carbocycles. The summed E-state index contributed by atoms with van der Waals surface area (Å²) in [6, 6.07) is 3.68. The Morgan fingerprint density at radius 3 is 2.65 bits per heavy atom. The molecule has 5 nitrogen and oxygen atoms in total. The molecular weight excluding hydrogens is 247 g/mol. The number of carbonyl (C=O) groups is 1. The maximum atomic E-state index is 13.6. The van der Waals surface area contributed by atoms with E-state index in [9.17, 15) is 17.6 Å². The van der Waals surface area contributed by atoms with E-state index >= 15 is 0 Å². The summed E-state index contributed by atoms with van der Waals surface area (Å²) in [5, 5.41) is 0. The summed E-state index contributed by atoms with van der Waals surface area (Å²) in [4.78, 5) is 12.0. The minimum absolute atomic E-state index is 0.148. The lowest BCUT2D eigenvalue weighted by molar-refractivity contribution is -0.124. The van der Waals surface area contributed by atoms with Crippen molar-refractivity contribution < 1.29 is 17.6 Å². The van der Waals surface area contributed by atoms with Crippen molar-refractivity contribution in [2.45, 2.75) is 11.8 Å². The Kier molecular flexibility index (Phi) is 2.50. The van der Waals surface area contributed by atoms with E-state index < -0.39 is 21.7 Å². The molecule has 0 N–H and O–H groups in total. The van der Waals surface area contributed by atoms with Gasteiger partial charge in [-0.25, -0.2) is 4.39 Å². The fourth-order valence-electron chi connectivity index (χ4n) is 1.52. The van der Waals surface area contributed by atoms with Gasteiger partial charge in [-0.2, -0.15) is 8.42 Å². The number of fused-ring (bicyclic) bond motifs is 1. The summed E-state index contributed by atoms with van der Waals surface area (Å²) in [6.45, 7) is 1.24. The summed E-state index contributed by atoms with van der Waals surface area (Å²) in [5.74, 6) is -1.31. The van der Waals surface area contributed by atoms with Crippen molar-refractivity contribution in [2.75, 3.05) is 7.05 Å². The molecule has 0 radical (unpaired) electrons. The van der Waals surface area contributed by atoms with Crippen LogP contribution in [0.2, 0.25) is 0 Å². The van der Waals surface area contributed by atoms with Gasteiger partial charge in [0, 0.05) is 14.0 Å². The second kappa shape index (κ2) is 3.63. The van der Waals surface area contributed by atoms with Crippen LogP contribution in [-0.2, 0) is 14.8 Å². The van der Waals surface area contributed by atoms with E-state index in [1.165, 1.54) is 26.1 Å². The zero-order valence-electron chi connectivity index (χ0n) is 9.14. The van der Waals surface area contributed by atoms with E-state index in [0.29, 0.717) is 0 Å². The molecule has 0 fully saturated rings. The number of hydrogen-bond acceptors (Lipinski definition) is 3. The zero-order chi connectivity index (χ0) is 12.8. The van der Waals surface area contributed by atoms with Gasteiger partial charge in [-0.3, -0.25) is 9.69 Å². The van der Waals surface area contributed by atoms with Gasteiger partial charge >= 0.3 is 0 Å². The van der Waals surface area contributed by atoms with E-state index in [1.807, 2.05) is 0 Å². The maximum Gasteiger partial charge on any atom is 0.285 e. The molecule has 2 rings (SSSR count). The van der Waals surface area contributed by atoms with Crippen LogP contribution in [0.25, 0.3) is 0 Å². The molecule has 1 heterocycles. The fraction of sp³-hybridized carbons (Fsp3) is 0.200. The number of rotatable bonds is 0. The normalized spacial score (nSPS) is 16.3. The number of amides is 1. The van der Waals surface area contributed by atoms with E-state index in [2.05, 4.69) is 4.40 Å². The number of hydrogen-bond donors (Lipinski definition) is 0. The van der Waals surface area contributed by atoms with Gasteiger partial charge < -0.3 is 0 Å². The second-order valence-corrected chi connectivity index (χ2v) is 5.15. The number of nitrogens with zero attached hydrogens (tertiary/aromatic N) is 2. The smallest absolute Gasteiger partial charge is 0.285 e. The first-order valence-corrected chi connectivity index (χ1v) is 6.17. The highest BCUT2D eigenvalue weighted by atomic mass is 32.2. The van der Waals surface area contributed by atoms with Gasteiger partial charge in [-0.05, 0) is 12.1 Å². The molecule has 0 aromatic heterocycles. The van der Waals surface area contributed by atoms with Crippen molar-refractivity contribution in [3.63, 3.8) is 0 Å². The van der Waals surface area contributed by atoms with Crippen LogP contribution in [0.4, 0.5) is 4.39 Å². The highest BCUT2D eigenvalue weighted by molar-refractivity contribution is 7.90. The zero-order valence-corrected chi connectivity index (χ0v) is 9.95. The molecule has 0 unspecified atom stereocenters. The summed E-state index contributed by atoms with van der Waals surface area (Å²) in [7, 11) is -2.56. The minimum Gasteiger partial charge on any atom is -0.299 e. The van der Waals surface area contributed by atoms with Gasteiger partial charge in [0.1, 0.15) is 10.7 Å². The summed E-state index contributed by atoms with van der Waals surface area (Å²) in [6.07, 6.45) is 0. The monoisotopic (exact) mass is 256 g/mol.